The Labute approximate surface area is 83.5 Å². The van der Waals surface area contributed by atoms with Gasteiger partial charge in [0.15, 0.2) is 5.79 Å². The topological polar surface area (TPSA) is 38.8 Å². The maximum Gasteiger partial charge on any atom is 0.226 e. The van der Waals surface area contributed by atoms with E-state index in [9.17, 15) is 4.79 Å². The van der Waals surface area contributed by atoms with Gasteiger partial charge in [0.1, 0.15) is 0 Å². The van der Waals surface area contributed by atoms with Crippen LogP contribution in [0.1, 0.15) is 19.8 Å². The second-order valence-corrected chi connectivity index (χ2v) is 3.52. The molecule has 1 amide bonds. The third-order valence-electron chi connectivity index (χ3n) is 2.61. The Hall–Kier alpha value is -0.870. The van der Waals surface area contributed by atoms with E-state index in [1.807, 2.05) is 13.0 Å². The molecule has 0 aromatic carbocycles. The summed E-state index contributed by atoms with van der Waals surface area (Å²) < 4.78 is 11.0. The Bertz CT molecular complexity index is 256. The van der Waals surface area contributed by atoms with Crippen molar-refractivity contribution < 1.29 is 14.3 Å². The molecule has 0 aromatic heterocycles. The summed E-state index contributed by atoms with van der Waals surface area (Å²) in [5.41, 5.74) is 0. The molecule has 14 heavy (non-hydrogen) atoms. The van der Waals surface area contributed by atoms with E-state index in [-0.39, 0.29) is 5.91 Å². The van der Waals surface area contributed by atoms with Gasteiger partial charge in [-0.05, 0) is 6.08 Å². The predicted molar refractivity (Wildman–Crippen MR) is 50.4 cm³/mol. The summed E-state index contributed by atoms with van der Waals surface area (Å²) >= 11 is 0. The molecule has 2 aliphatic heterocycles. The summed E-state index contributed by atoms with van der Waals surface area (Å²) in [4.78, 5) is 13.1. The maximum absolute atomic E-state index is 11.4. The van der Waals surface area contributed by atoms with Gasteiger partial charge in [-0.15, -0.1) is 0 Å². The maximum atomic E-state index is 11.4. The van der Waals surface area contributed by atoms with Gasteiger partial charge in [0.05, 0.1) is 13.2 Å². The molecule has 2 heterocycles. The fourth-order valence-corrected chi connectivity index (χ4v) is 1.76. The molecule has 78 valence electrons. The fourth-order valence-electron chi connectivity index (χ4n) is 1.76. The van der Waals surface area contributed by atoms with Crippen LogP contribution in [0.4, 0.5) is 0 Å². The summed E-state index contributed by atoms with van der Waals surface area (Å²) in [7, 11) is 0. The number of hydrogen-bond acceptors (Lipinski definition) is 3. The fraction of sp³-hybridized carbons (Fsp3) is 0.700. The Morgan fingerprint density at radius 1 is 1.50 bits per heavy atom. The second-order valence-electron chi connectivity index (χ2n) is 3.52. The van der Waals surface area contributed by atoms with Crippen molar-refractivity contribution >= 4 is 5.91 Å². The lowest BCUT2D eigenvalue weighted by molar-refractivity contribution is -0.141. The molecule has 0 N–H and O–H groups in total. The summed E-state index contributed by atoms with van der Waals surface area (Å²) in [6.45, 7) is 3.84. The quantitative estimate of drug-likeness (QED) is 0.626. The molecule has 0 aromatic rings. The second kappa shape index (κ2) is 3.71. The Balaban J connectivity index is 2.02. The number of nitrogens with zero attached hydrogens (tertiary/aromatic N) is 1. The van der Waals surface area contributed by atoms with Crippen molar-refractivity contribution in [1.82, 2.24) is 4.90 Å². The molecule has 4 nitrogen and oxygen atoms in total. The largest absolute Gasteiger partial charge is 0.344 e. The van der Waals surface area contributed by atoms with E-state index in [0.29, 0.717) is 26.2 Å². The Morgan fingerprint density at radius 3 is 2.71 bits per heavy atom. The van der Waals surface area contributed by atoms with E-state index in [2.05, 4.69) is 0 Å². The van der Waals surface area contributed by atoms with Gasteiger partial charge in [-0.25, -0.2) is 0 Å². The van der Waals surface area contributed by atoms with Crippen molar-refractivity contribution in [1.29, 1.82) is 0 Å². The van der Waals surface area contributed by atoms with Crippen LogP contribution < -0.4 is 0 Å². The Kier molecular flexibility index (Phi) is 2.56. The highest BCUT2D eigenvalue weighted by molar-refractivity contribution is 5.77. The molecule has 0 unspecified atom stereocenters. The van der Waals surface area contributed by atoms with Gasteiger partial charge in [-0.3, -0.25) is 4.79 Å². The minimum atomic E-state index is -0.537. The zero-order chi connectivity index (χ0) is 10.0. The lowest BCUT2D eigenvalue weighted by Gasteiger charge is -2.31. The lowest BCUT2D eigenvalue weighted by atomic mass is 10.1. The first-order valence-electron chi connectivity index (χ1n) is 5.02. The average Bonchev–Trinajstić information content (AvgIpc) is 2.67. The SMILES string of the molecule is CCC(=O)N1C=CC2(CC1)OCCO2. The van der Waals surface area contributed by atoms with Crippen molar-refractivity contribution in [2.24, 2.45) is 0 Å². The molecule has 0 atom stereocenters. The number of amides is 1. The highest BCUT2D eigenvalue weighted by atomic mass is 16.7. The van der Waals surface area contributed by atoms with Gasteiger partial charge in [-0.2, -0.15) is 0 Å². The summed E-state index contributed by atoms with van der Waals surface area (Å²) in [5, 5.41) is 0. The first kappa shape index (κ1) is 9.68. The molecule has 4 heteroatoms. The first-order chi connectivity index (χ1) is 6.76. The van der Waals surface area contributed by atoms with Crippen molar-refractivity contribution in [2.75, 3.05) is 19.8 Å². The van der Waals surface area contributed by atoms with Gasteiger partial charge in [-0.1, -0.05) is 6.92 Å². The predicted octanol–water partition coefficient (Wildman–Crippen LogP) is 0.885. The number of hydrogen-bond donors (Lipinski definition) is 0. The molecule has 1 fully saturated rings. The van der Waals surface area contributed by atoms with Crippen LogP contribution in [0.3, 0.4) is 0 Å². The van der Waals surface area contributed by atoms with Crippen LogP contribution in [-0.4, -0.2) is 36.4 Å². The highest BCUT2D eigenvalue weighted by Crippen LogP contribution is 2.28. The number of ether oxygens (including phenoxy) is 2. The van der Waals surface area contributed by atoms with Crippen molar-refractivity contribution in [3.63, 3.8) is 0 Å². The van der Waals surface area contributed by atoms with Gasteiger partial charge < -0.3 is 14.4 Å². The molecule has 2 rings (SSSR count). The van der Waals surface area contributed by atoms with Crippen LogP contribution in [0.2, 0.25) is 0 Å². The van der Waals surface area contributed by atoms with Crippen molar-refractivity contribution in [2.45, 2.75) is 25.6 Å². The van der Waals surface area contributed by atoms with Gasteiger partial charge in [0, 0.05) is 25.6 Å². The number of carbonyl (C=O) groups excluding carboxylic acids is 1. The molecular weight excluding hydrogens is 182 g/mol. The molecule has 0 saturated carbocycles. The summed E-state index contributed by atoms with van der Waals surface area (Å²) in [5.74, 6) is -0.390. The average molecular weight is 197 g/mol. The lowest BCUT2D eigenvalue weighted by Crippen LogP contribution is -2.39. The molecule has 2 aliphatic rings. The normalized spacial score (nSPS) is 24.5. The van der Waals surface area contributed by atoms with Crippen LogP contribution >= 0.6 is 0 Å². The zero-order valence-corrected chi connectivity index (χ0v) is 8.36. The van der Waals surface area contributed by atoms with Crippen molar-refractivity contribution in [3.05, 3.63) is 12.3 Å². The smallest absolute Gasteiger partial charge is 0.226 e. The van der Waals surface area contributed by atoms with E-state index >= 15 is 0 Å². The minimum absolute atomic E-state index is 0.147. The summed E-state index contributed by atoms with van der Waals surface area (Å²) in [6, 6.07) is 0. The zero-order valence-electron chi connectivity index (χ0n) is 8.36. The van der Waals surface area contributed by atoms with E-state index < -0.39 is 5.79 Å². The van der Waals surface area contributed by atoms with Crippen LogP contribution in [-0.2, 0) is 14.3 Å². The minimum Gasteiger partial charge on any atom is -0.344 e. The number of carbonyl (C=O) groups is 1. The van der Waals surface area contributed by atoms with Crippen LogP contribution in [0.5, 0.6) is 0 Å². The van der Waals surface area contributed by atoms with E-state index in [1.54, 1.807) is 11.1 Å². The number of rotatable bonds is 1. The molecule has 0 radical (unpaired) electrons. The van der Waals surface area contributed by atoms with Crippen LogP contribution in [0, 0.1) is 0 Å². The van der Waals surface area contributed by atoms with E-state index in [4.69, 9.17) is 9.47 Å². The van der Waals surface area contributed by atoms with Gasteiger partial charge >= 0.3 is 0 Å². The van der Waals surface area contributed by atoms with Crippen molar-refractivity contribution in [3.8, 4) is 0 Å². The Morgan fingerprint density at radius 2 is 2.21 bits per heavy atom. The first-order valence-corrected chi connectivity index (χ1v) is 5.02. The third-order valence-corrected chi connectivity index (χ3v) is 2.61. The van der Waals surface area contributed by atoms with Crippen LogP contribution in [0.15, 0.2) is 12.3 Å². The van der Waals surface area contributed by atoms with Gasteiger partial charge in [0.2, 0.25) is 5.91 Å². The summed E-state index contributed by atoms with van der Waals surface area (Å²) in [6.07, 6.45) is 4.89. The molecule has 0 bridgehead atoms. The highest BCUT2D eigenvalue weighted by Gasteiger charge is 2.36. The van der Waals surface area contributed by atoms with Gasteiger partial charge in [0.25, 0.3) is 0 Å². The molecule has 1 saturated heterocycles. The van der Waals surface area contributed by atoms with E-state index in [0.717, 1.165) is 6.42 Å². The molecule has 0 aliphatic carbocycles. The standard InChI is InChI=1S/C10H15NO3/c1-2-9(12)11-5-3-10(4-6-11)13-7-8-14-10/h3,5H,2,4,6-8H2,1H3. The van der Waals surface area contributed by atoms with Crippen LogP contribution in [0.25, 0.3) is 0 Å². The monoisotopic (exact) mass is 197 g/mol. The third kappa shape index (κ3) is 1.67. The van der Waals surface area contributed by atoms with E-state index in [1.165, 1.54) is 0 Å². The molecular formula is C10H15NO3. The molecule has 1 spiro atoms.